The highest BCUT2D eigenvalue weighted by molar-refractivity contribution is 6.04. The van der Waals surface area contributed by atoms with Crippen LogP contribution >= 0.6 is 0 Å². The van der Waals surface area contributed by atoms with Crippen LogP contribution in [0.3, 0.4) is 0 Å². The molecule has 2 aliphatic rings. The molecule has 3 N–H and O–H groups in total. The van der Waals surface area contributed by atoms with E-state index in [2.05, 4.69) is 56.1 Å². The molecule has 5 rings (SSSR count). The molecule has 0 unspecified atom stereocenters. The summed E-state index contributed by atoms with van der Waals surface area (Å²) < 4.78 is 5.44. The molecule has 3 aromatic rings. The number of carbonyl (C=O) groups excluding carboxylic acids is 2. The summed E-state index contributed by atoms with van der Waals surface area (Å²) >= 11 is 0. The van der Waals surface area contributed by atoms with E-state index in [-0.39, 0.29) is 11.9 Å². The van der Waals surface area contributed by atoms with Crippen LogP contribution < -0.4 is 20.9 Å². The molecular weight excluding hydrogens is 526 g/mol. The van der Waals surface area contributed by atoms with E-state index in [1.165, 1.54) is 5.56 Å². The highest BCUT2D eigenvalue weighted by Gasteiger charge is 2.24. The lowest BCUT2D eigenvalue weighted by Gasteiger charge is -2.35. The fourth-order valence-corrected chi connectivity index (χ4v) is 5.88. The first-order valence-corrected chi connectivity index (χ1v) is 15.1. The number of urea groups is 1. The number of piperidine rings is 1. The predicted molar refractivity (Wildman–Crippen MR) is 170 cm³/mol. The van der Waals surface area contributed by atoms with Gasteiger partial charge in [-0.1, -0.05) is 48.0 Å². The number of hydrogen-bond acceptors (Lipinski definition) is 5. The third-order valence-corrected chi connectivity index (χ3v) is 8.27. The van der Waals surface area contributed by atoms with Gasteiger partial charge in [-0.3, -0.25) is 9.69 Å². The van der Waals surface area contributed by atoms with Gasteiger partial charge >= 0.3 is 6.03 Å². The monoisotopic (exact) mass is 569 g/mol. The van der Waals surface area contributed by atoms with Crippen LogP contribution in [-0.4, -0.2) is 69.3 Å². The van der Waals surface area contributed by atoms with Gasteiger partial charge in [-0.15, -0.1) is 0 Å². The maximum absolute atomic E-state index is 13.6. The molecule has 222 valence electrons. The minimum Gasteiger partial charge on any atom is -0.379 e. The molecule has 0 saturated carbocycles. The van der Waals surface area contributed by atoms with E-state index >= 15 is 0 Å². The van der Waals surface area contributed by atoms with Gasteiger partial charge in [-0.25, -0.2) is 4.79 Å². The Morgan fingerprint density at radius 3 is 2.38 bits per heavy atom. The molecule has 8 heteroatoms. The first kappa shape index (κ1) is 29.6. The van der Waals surface area contributed by atoms with Gasteiger partial charge in [0.25, 0.3) is 5.91 Å². The third kappa shape index (κ3) is 8.11. The molecule has 0 spiro atoms. The van der Waals surface area contributed by atoms with E-state index in [1.807, 2.05) is 44.2 Å². The van der Waals surface area contributed by atoms with Crippen molar-refractivity contribution in [3.05, 3.63) is 89.0 Å². The van der Waals surface area contributed by atoms with Crippen LogP contribution in [0.4, 0.5) is 21.9 Å². The summed E-state index contributed by atoms with van der Waals surface area (Å²) in [5.41, 5.74) is 6.36. The van der Waals surface area contributed by atoms with Crippen molar-refractivity contribution < 1.29 is 14.3 Å². The van der Waals surface area contributed by atoms with Gasteiger partial charge in [-0.2, -0.15) is 0 Å². The zero-order valence-electron chi connectivity index (χ0n) is 24.8. The number of nitrogens with one attached hydrogen (secondary N) is 3. The van der Waals surface area contributed by atoms with Crippen LogP contribution in [-0.2, 0) is 11.2 Å². The topological polar surface area (TPSA) is 85.9 Å². The Kier molecular flexibility index (Phi) is 10.1. The molecule has 0 bridgehead atoms. The lowest BCUT2D eigenvalue weighted by molar-refractivity contribution is 0.0383. The van der Waals surface area contributed by atoms with Crippen LogP contribution in [0.25, 0.3) is 0 Å². The summed E-state index contributed by atoms with van der Waals surface area (Å²) in [6.45, 7) is 10.4. The normalized spacial score (nSPS) is 16.2. The number of nitrogens with zero attached hydrogens (tertiary/aromatic N) is 2. The Morgan fingerprint density at radius 2 is 1.64 bits per heavy atom. The van der Waals surface area contributed by atoms with Gasteiger partial charge in [0.05, 0.1) is 18.8 Å². The fraction of sp³-hybridized carbons (Fsp3) is 0.412. The zero-order valence-corrected chi connectivity index (χ0v) is 24.8. The predicted octanol–water partition coefficient (Wildman–Crippen LogP) is 5.47. The second-order valence-electron chi connectivity index (χ2n) is 11.5. The summed E-state index contributed by atoms with van der Waals surface area (Å²) in [5, 5.41) is 8.98. The van der Waals surface area contributed by atoms with E-state index in [0.29, 0.717) is 23.7 Å². The molecule has 0 atom stereocenters. The summed E-state index contributed by atoms with van der Waals surface area (Å²) in [4.78, 5) is 31.0. The number of amides is 3. The second kappa shape index (κ2) is 14.3. The van der Waals surface area contributed by atoms with Crippen molar-refractivity contribution in [1.29, 1.82) is 0 Å². The molecule has 3 aromatic carbocycles. The van der Waals surface area contributed by atoms with E-state index in [9.17, 15) is 9.59 Å². The summed E-state index contributed by atoms with van der Waals surface area (Å²) in [6.07, 6.45) is 3.23. The number of aryl methyl sites for hydroxylation is 2. The molecule has 2 saturated heterocycles. The van der Waals surface area contributed by atoms with Crippen LogP contribution in [0, 0.1) is 19.8 Å². The van der Waals surface area contributed by atoms with Gasteiger partial charge in [0.2, 0.25) is 0 Å². The molecule has 0 aliphatic carbocycles. The SMILES string of the molecule is Cc1ccc(NC(=O)Nc2ccc(N3CCC(Cc4ccccc4)CC3)c(C(=O)NCCN3CCOCC3)c2)c(C)c1. The van der Waals surface area contributed by atoms with Crippen LogP contribution in [0.5, 0.6) is 0 Å². The Bertz CT molecular complexity index is 1350. The minimum absolute atomic E-state index is 0.122. The van der Waals surface area contributed by atoms with Gasteiger partial charge in [0.1, 0.15) is 0 Å². The molecule has 2 fully saturated rings. The smallest absolute Gasteiger partial charge is 0.323 e. The number of ether oxygens (including phenoxy) is 1. The van der Waals surface area contributed by atoms with Crippen molar-refractivity contribution in [2.24, 2.45) is 5.92 Å². The Labute approximate surface area is 249 Å². The summed E-state index contributed by atoms with van der Waals surface area (Å²) in [6, 6.07) is 21.9. The Balaban J connectivity index is 1.26. The fourth-order valence-electron chi connectivity index (χ4n) is 5.88. The van der Waals surface area contributed by atoms with Crippen molar-refractivity contribution in [2.45, 2.75) is 33.1 Å². The molecule has 0 radical (unpaired) electrons. The average Bonchev–Trinajstić information content (AvgIpc) is 3.00. The minimum atomic E-state index is -0.338. The maximum atomic E-state index is 13.6. The first-order valence-electron chi connectivity index (χ1n) is 15.1. The van der Waals surface area contributed by atoms with Crippen LogP contribution in [0.15, 0.2) is 66.7 Å². The standard InChI is InChI=1S/C34H43N5O3/c1-25-8-10-31(26(2)22-25)37-34(41)36-29-9-11-32(30(24-29)33(40)35-14-17-38-18-20-42-21-19-38)39-15-12-28(13-16-39)23-27-6-4-3-5-7-27/h3-11,22,24,28H,12-21,23H2,1-2H3,(H,35,40)(H2,36,37,41). The Hall–Kier alpha value is -3.88. The number of benzene rings is 3. The van der Waals surface area contributed by atoms with E-state index in [0.717, 1.165) is 87.7 Å². The van der Waals surface area contributed by atoms with Crippen molar-refractivity contribution in [3.63, 3.8) is 0 Å². The van der Waals surface area contributed by atoms with Gasteiger partial charge in [0.15, 0.2) is 0 Å². The molecule has 2 heterocycles. The van der Waals surface area contributed by atoms with Crippen LogP contribution in [0.2, 0.25) is 0 Å². The molecule has 0 aromatic heterocycles. The quantitative estimate of drug-likeness (QED) is 0.318. The largest absolute Gasteiger partial charge is 0.379 e. The van der Waals surface area contributed by atoms with E-state index < -0.39 is 0 Å². The third-order valence-electron chi connectivity index (χ3n) is 8.27. The van der Waals surface area contributed by atoms with Crippen molar-refractivity contribution in [3.8, 4) is 0 Å². The molecule has 2 aliphatic heterocycles. The van der Waals surface area contributed by atoms with Crippen LogP contribution in [0.1, 0.15) is 39.9 Å². The molecule has 8 nitrogen and oxygen atoms in total. The maximum Gasteiger partial charge on any atom is 0.323 e. The lowest BCUT2D eigenvalue weighted by atomic mass is 9.89. The summed E-state index contributed by atoms with van der Waals surface area (Å²) in [7, 11) is 0. The number of hydrogen-bond donors (Lipinski definition) is 3. The average molecular weight is 570 g/mol. The number of rotatable bonds is 9. The van der Waals surface area contributed by atoms with E-state index in [1.54, 1.807) is 6.07 Å². The molecular formula is C34H43N5O3. The molecule has 42 heavy (non-hydrogen) atoms. The number of carbonyl (C=O) groups is 2. The zero-order chi connectivity index (χ0) is 29.3. The number of morpholine rings is 1. The number of anilines is 3. The van der Waals surface area contributed by atoms with Crippen molar-refractivity contribution >= 4 is 29.0 Å². The summed E-state index contributed by atoms with van der Waals surface area (Å²) in [5.74, 6) is 0.507. The second-order valence-corrected chi connectivity index (χ2v) is 11.5. The first-order chi connectivity index (χ1) is 20.4. The molecule has 3 amide bonds. The van der Waals surface area contributed by atoms with Gasteiger partial charge in [-0.05, 0) is 74.4 Å². The Morgan fingerprint density at radius 1 is 0.881 bits per heavy atom. The highest BCUT2D eigenvalue weighted by Crippen LogP contribution is 2.30. The van der Waals surface area contributed by atoms with Gasteiger partial charge < -0.3 is 25.6 Å². The lowest BCUT2D eigenvalue weighted by Crippen LogP contribution is -2.41. The van der Waals surface area contributed by atoms with Crippen molar-refractivity contribution in [1.82, 2.24) is 10.2 Å². The van der Waals surface area contributed by atoms with Gasteiger partial charge in [0, 0.05) is 56.3 Å². The van der Waals surface area contributed by atoms with E-state index in [4.69, 9.17) is 4.74 Å². The van der Waals surface area contributed by atoms with Crippen molar-refractivity contribution in [2.75, 3.05) is 68.0 Å². The highest BCUT2D eigenvalue weighted by atomic mass is 16.5.